The van der Waals surface area contributed by atoms with Gasteiger partial charge in [0.25, 0.3) is 11.8 Å². The first kappa shape index (κ1) is 28.2. The normalized spacial score (nSPS) is 10.5. The molecule has 6 nitrogen and oxygen atoms in total. The highest BCUT2D eigenvalue weighted by Crippen LogP contribution is 2.24. The highest BCUT2D eigenvalue weighted by atomic mass is 16.5. The SMILES string of the molecule is O=C(Nc1ccccc1NC(=O)c1ccc(OCCc2ccccc2)cc1)c1ccc(OCCc2ccccc2)cc1. The van der Waals surface area contributed by atoms with E-state index in [0.29, 0.717) is 47.2 Å². The molecule has 2 N–H and O–H groups in total. The minimum Gasteiger partial charge on any atom is -0.493 e. The second-order valence-electron chi connectivity index (χ2n) is 9.67. The minimum atomic E-state index is -0.287. The molecule has 0 saturated carbocycles. The van der Waals surface area contributed by atoms with Crippen LogP contribution in [0, 0.1) is 0 Å². The number of ether oxygens (including phenoxy) is 2. The molecular formula is C36H32N2O4. The molecule has 0 bridgehead atoms. The predicted molar refractivity (Wildman–Crippen MR) is 167 cm³/mol. The number of hydrogen-bond acceptors (Lipinski definition) is 4. The van der Waals surface area contributed by atoms with Gasteiger partial charge in [-0.1, -0.05) is 72.8 Å². The second kappa shape index (κ2) is 14.3. The monoisotopic (exact) mass is 556 g/mol. The lowest BCUT2D eigenvalue weighted by molar-refractivity contribution is 0.101. The summed E-state index contributed by atoms with van der Waals surface area (Å²) in [4.78, 5) is 25.9. The Kier molecular flexibility index (Phi) is 9.61. The number of anilines is 2. The lowest BCUT2D eigenvalue weighted by Gasteiger charge is -2.13. The van der Waals surface area contributed by atoms with Crippen LogP contribution in [-0.2, 0) is 12.8 Å². The number of carbonyl (C=O) groups excluding carboxylic acids is 2. The Bertz CT molecular complexity index is 1460. The maximum absolute atomic E-state index is 13.0. The second-order valence-corrected chi connectivity index (χ2v) is 9.67. The number of amides is 2. The van der Waals surface area contributed by atoms with Crippen LogP contribution in [0.25, 0.3) is 0 Å². The highest BCUT2D eigenvalue weighted by Gasteiger charge is 2.13. The van der Waals surface area contributed by atoms with Gasteiger partial charge in [-0.05, 0) is 71.8 Å². The van der Waals surface area contributed by atoms with Crippen molar-refractivity contribution in [2.45, 2.75) is 12.8 Å². The molecule has 6 heteroatoms. The van der Waals surface area contributed by atoms with Gasteiger partial charge in [0.2, 0.25) is 0 Å². The Labute approximate surface area is 245 Å². The molecule has 42 heavy (non-hydrogen) atoms. The van der Waals surface area contributed by atoms with Gasteiger partial charge in [-0.2, -0.15) is 0 Å². The van der Waals surface area contributed by atoms with Crippen molar-refractivity contribution in [1.82, 2.24) is 0 Å². The van der Waals surface area contributed by atoms with Crippen LogP contribution in [-0.4, -0.2) is 25.0 Å². The van der Waals surface area contributed by atoms with Crippen molar-refractivity contribution >= 4 is 23.2 Å². The molecule has 5 aromatic rings. The summed E-state index contributed by atoms with van der Waals surface area (Å²) in [5, 5.41) is 5.80. The number of rotatable bonds is 12. The first-order chi connectivity index (χ1) is 20.6. The molecule has 0 aromatic heterocycles. The fraction of sp³-hybridized carbons (Fsp3) is 0.111. The summed E-state index contributed by atoms with van der Waals surface area (Å²) in [6.07, 6.45) is 1.61. The molecule has 0 radical (unpaired) electrons. The first-order valence-corrected chi connectivity index (χ1v) is 13.9. The van der Waals surface area contributed by atoms with Gasteiger partial charge in [0, 0.05) is 24.0 Å². The van der Waals surface area contributed by atoms with Gasteiger partial charge in [-0.15, -0.1) is 0 Å². The largest absolute Gasteiger partial charge is 0.493 e. The van der Waals surface area contributed by atoms with Gasteiger partial charge in [-0.25, -0.2) is 0 Å². The molecule has 0 saturated heterocycles. The third-order valence-corrected chi connectivity index (χ3v) is 6.66. The summed E-state index contributed by atoms with van der Waals surface area (Å²) in [6.45, 7) is 1.10. The van der Waals surface area contributed by atoms with Crippen LogP contribution < -0.4 is 20.1 Å². The van der Waals surface area contributed by atoms with Gasteiger partial charge in [0.05, 0.1) is 24.6 Å². The Morgan fingerprint density at radius 2 is 0.810 bits per heavy atom. The molecule has 5 aromatic carbocycles. The van der Waals surface area contributed by atoms with Crippen molar-refractivity contribution in [1.29, 1.82) is 0 Å². The van der Waals surface area contributed by atoms with Gasteiger partial charge in [0.1, 0.15) is 11.5 Å². The van der Waals surface area contributed by atoms with E-state index in [1.54, 1.807) is 72.8 Å². The molecule has 0 aliphatic carbocycles. The van der Waals surface area contributed by atoms with Crippen molar-refractivity contribution in [3.05, 3.63) is 156 Å². The van der Waals surface area contributed by atoms with Crippen molar-refractivity contribution < 1.29 is 19.1 Å². The smallest absolute Gasteiger partial charge is 0.255 e. The quantitative estimate of drug-likeness (QED) is 0.168. The van der Waals surface area contributed by atoms with Crippen LogP contribution in [0.4, 0.5) is 11.4 Å². The van der Waals surface area contributed by atoms with Crippen molar-refractivity contribution in [3.63, 3.8) is 0 Å². The van der Waals surface area contributed by atoms with Crippen LogP contribution in [0.3, 0.4) is 0 Å². The molecule has 0 spiro atoms. The Hall–Kier alpha value is -5.36. The number of para-hydroxylation sites is 2. The van der Waals surface area contributed by atoms with E-state index < -0.39 is 0 Å². The Balaban J connectivity index is 1.13. The summed E-state index contributed by atoms with van der Waals surface area (Å²) in [6, 6.07) is 41.4. The van der Waals surface area contributed by atoms with Gasteiger partial charge in [0.15, 0.2) is 0 Å². The fourth-order valence-corrected chi connectivity index (χ4v) is 4.36. The summed E-state index contributed by atoms with van der Waals surface area (Å²) in [7, 11) is 0. The number of hydrogen-bond donors (Lipinski definition) is 2. The summed E-state index contributed by atoms with van der Waals surface area (Å²) in [5.41, 5.74) is 4.38. The molecule has 2 amide bonds. The van der Waals surface area contributed by atoms with Crippen LogP contribution in [0.15, 0.2) is 133 Å². The standard InChI is InChI=1S/C36H32N2O4/c39-35(29-15-19-31(20-16-29)41-25-23-27-9-3-1-4-10-27)37-33-13-7-8-14-34(33)38-36(40)30-17-21-32(22-18-30)42-26-24-28-11-5-2-6-12-28/h1-22H,23-26H2,(H,37,39)(H,38,40). The van der Waals surface area contributed by atoms with Crippen LogP contribution in [0.5, 0.6) is 11.5 Å². The van der Waals surface area contributed by atoms with Crippen molar-refractivity contribution in [3.8, 4) is 11.5 Å². The summed E-state index contributed by atoms with van der Waals surface area (Å²) in [5.74, 6) is 0.819. The van der Waals surface area contributed by atoms with E-state index in [9.17, 15) is 9.59 Å². The van der Waals surface area contributed by atoms with E-state index in [1.807, 2.05) is 36.4 Å². The molecule has 0 fully saturated rings. The van der Waals surface area contributed by atoms with Crippen molar-refractivity contribution in [2.24, 2.45) is 0 Å². The predicted octanol–water partition coefficient (Wildman–Crippen LogP) is 7.43. The number of nitrogens with one attached hydrogen (secondary N) is 2. The molecule has 0 heterocycles. The maximum Gasteiger partial charge on any atom is 0.255 e. The Morgan fingerprint density at radius 3 is 1.19 bits per heavy atom. The zero-order valence-electron chi connectivity index (χ0n) is 23.2. The lowest BCUT2D eigenvalue weighted by atomic mass is 10.1. The average Bonchev–Trinajstić information content (AvgIpc) is 3.03. The third kappa shape index (κ3) is 8.08. The summed E-state index contributed by atoms with van der Waals surface area (Å²) >= 11 is 0. The van der Waals surface area contributed by atoms with E-state index >= 15 is 0 Å². The molecule has 0 aliphatic rings. The van der Waals surface area contributed by atoms with Crippen molar-refractivity contribution in [2.75, 3.05) is 23.8 Å². The zero-order chi connectivity index (χ0) is 29.0. The average molecular weight is 557 g/mol. The molecule has 0 unspecified atom stereocenters. The van der Waals surface area contributed by atoms with E-state index in [4.69, 9.17) is 9.47 Å². The molecule has 0 aliphatic heterocycles. The first-order valence-electron chi connectivity index (χ1n) is 13.9. The zero-order valence-corrected chi connectivity index (χ0v) is 23.2. The minimum absolute atomic E-state index is 0.287. The summed E-state index contributed by atoms with van der Waals surface area (Å²) < 4.78 is 11.7. The molecular weight excluding hydrogens is 524 g/mol. The van der Waals surface area contributed by atoms with Crippen LogP contribution in [0.2, 0.25) is 0 Å². The van der Waals surface area contributed by atoms with Crippen LogP contribution in [0.1, 0.15) is 31.8 Å². The van der Waals surface area contributed by atoms with Gasteiger partial charge >= 0.3 is 0 Å². The molecule has 210 valence electrons. The molecule has 5 rings (SSSR count). The third-order valence-electron chi connectivity index (χ3n) is 6.66. The fourth-order valence-electron chi connectivity index (χ4n) is 4.36. The highest BCUT2D eigenvalue weighted by molar-refractivity contribution is 6.10. The van der Waals surface area contributed by atoms with Gasteiger partial charge < -0.3 is 20.1 Å². The van der Waals surface area contributed by atoms with Crippen LogP contribution >= 0.6 is 0 Å². The van der Waals surface area contributed by atoms with E-state index in [1.165, 1.54) is 11.1 Å². The number of benzene rings is 5. The van der Waals surface area contributed by atoms with Gasteiger partial charge in [-0.3, -0.25) is 9.59 Å². The Morgan fingerprint density at radius 1 is 0.452 bits per heavy atom. The van der Waals surface area contributed by atoms with E-state index in [-0.39, 0.29) is 11.8 Å². The molecule has 0 atom stereocenters. The van der Waals surface area contributed by atoms with E-state index in [2.05, 4.69) is 34.9 Å². The number of carbonyl (C=O) groups is 2. The lowest BCUT2D eigenvalue weighted by Crippen LogP contribution is -2.16. The maximum atomic E-state index is 13.0. The van der Waals surface area contributed by atoms with E-state index in [0.717, 1.165) is 12.8 Å². The topological polar surface area (TPSA) is 76.7 Å².